The molecule has 16 heavy (non-hydrogen) atoms. The second kappa shape index (κ2) is 4.16. The van der Waals surface area contributed by atoms with E-state index >= 15 is 0 Å². The lowest BCUT2D eigenvalue weighted by Crippen LogP contribution is -2.05. The molecule has 3 heteroatoms. The minimum Gasteiger partial charge on any atom is -0.476 e. The molecular formula is C13H18N2O. The first kappa shape index (κ1) is 11.0. The van der Waals surface area contributed by atoms with Crippen LogP contribution < -0.4 is 4.74 Å². The third-order valence-corrected chi connectivity index (χ3v) is 2.75. The van der Waals surface area contributed by atoms with Crippen LogP contribution in [0.1, 0.15) is 25.1 Å². The fraction of sp³-hybridized carbons (Fsp3) is 0.462. The van der Waals surface area contributed by atoms with Gasteiger partial charge in [0.15, 0.2) is 0 Å². The fourth-order valence-electron chi connectivity index (χ4n) is 1.71. The molecular weight excluding hydrogens is 200 g/mol. The first-order chi connectivity index (χ1) is 7.59. The Hall–Kier alpha value is -1.51. The second-order valence-electron chi connectivity index (χ2n) is 4.62. The molecule has 0 aliphatic carbocycles. The SMILES string of the molecule is Cc1[nH]c2c(OCC(C)C)nccc2c1C. The molecule has 0 saturated carbocycles. The van der Waals surface area contributed by atoms with Gasteiger partial charge < -0.3 is 9.72 Å². The number of hydrogen-bond acceptors (Lipinski definition) is 2. The Morgan fingerprint density at radius 1 is 1.38 bits per heavy atom. The van der Waals surface area contributed by atoms with E-state index in [1.807, 2.05) is 6.07 Å². The van der Waals surface area contributed by atoms with E-state index in [1.165, 1.54) is 16.6 Å². The predicted molar refractivity (Wildman–Crippen MR) is 65.9 cm³/mol. The quantitative estimate of drug-likeness (QED) is 0.859. The Morgan fingerprint density at radius 2 is 2.12 bits per heavy atom. The van der Waals surface area contributed by atoms with Crippen molar-refractivity contribution in [3.8, 4) is 5.88 Å². The number of ether oxygens (including phenoxy) is 1. The third kappa shape index (κ3) is 1.90. The summed E-state index contributed by atoms with van der Waals surface area (Å²) in [6, 6.07) is 2.02. The summed E-state index contributed by atoms with van der Waals surface area (Å²) in [6.45, 7) is 9.14. The fourth-order valence-corrected chi connectivity index (χ4v) is 1.71. The average Bonchev–Trinajstić information content (AvgIpc) is 2.53. The van der Waals surface area contributed by atoms with E-state index in [1.54, 1.807) is 6.20 Å². The van der Waals surface area contributed by atoms with Crippen molar-refractivity contribution in [3.63, 3.8) is 0 Å². The molecule has 3 nitrogen and oxygen atoms in total. The zero-order chi connectivity index (χ0) is 11.7. The lowest BCUT2D eigenvalue weighted by molar-refractivity contribution is 0.264. The number of aromatic nitrogens is 2. The highest BCUT2D eigenvalue weighted by Gasteiger charge is 2.10. The Balaban J connectivity index is 2.42. The molecule has 0 spiro atoms. The van der Waals surface area contributed by atoms with Gasteiger partial charge in [0.25, 0.3) is 0 Å². The smallest absolute Gasteiger partial charge is 0.238 e. The minimum atomic E-state index is 0.509. The molecule has 0 aliphatic heterocycles. The second-order valence-corrected chi connectivity index (χ2v) is 4.62. The van der Waals surface area contributed by atoms with E-state index in [4.69, 9.17) is 4.74 Å². The summed E-state index contributed by atoms with van der Waals surface area (Å²) in [7, 11) is 0. The van der Waals surface area contributed by atoms with Gasteiger partial charge in [0, 0.05) is 17.3 Å². The summed E-state index contributed by atoms with van der Waals surface area (Å²) in [6.07, 6.45) is 1.80. The zero-order valence-corrected chi connectivity index (χ0v) is 10.3. The lowest BCUT2D eigenvalue weighted by Gasteiger charge is -2.08. The van der Waals surface area contributed by atoms with E-state index in [-0.39, 0.29) is 0 Å². The molecule has 1 N–H and O–H groups in total. The van der Waals surface area contributed by atoms with E-state index < -0.39 is 0 Å². The summed E-state index contributed by atoms with van der Waals surface area (Å²) < 4.78 is 5.71. The van der Waals surface area contributed by atoms with Gasteiger partial charge in [-0.25, -0.2) is 4.98 Å². The molecule has 2 heterocycles. The van der Waals surface area contributed by atoms with Crippen LogP contribution in [-0.4, -0.2) is 16.6 Å². The lowest BCUT2D eigenvalue weighted by atomic mass is 10.2. The highest BCUT2D eigenvalue weighted by atomic mass is 16.5. The van der Waals surface area contributed by atoms with Crippen molar-refractivity contribution in [2.24, 2.45) is 5.92 Å². The van der Waals surface area contributed by atoms with Gasteiger partial charge >= 0.3 is 0 Å². The number of rotatable bonds is 3. The van der Waals surface area contributed by atoms with Crippen LogP contribution in [0.25, 0.3) is 10.9 Å². The normalized spacial score (nSPS) is 11.3. The molecule has 0 aromatic carbocycles. The Morgan fingerprint density at radius 3 is 2.81 bits per heavy atom. The number of aryl methyl sites for hydroxylation is 2. The van der Waals surface area contributed by atoms with Crippen LogP contribution >= 0.6 is 0 Å². The molecule has 2 aromatic rings. The van der Waals surface area contributed by atoms with Crippen molar-refractivity contribution in [2.75, 3.05) is 6.61 Å². The van der Waals surface area contributed by atoms with Gasteiger partial charge in [-0.2, -0.15) is 0 Å². The van der Waals surface area contributed by atoms with Gasteiger partial charge in [-0.1, -0.05) is 13.8 Å². The first-order valence-electron chi connectivity index (χ1n) is 5.66. The van der Waals surface area contributed by atoms with Crippen molar-refractivity contribution >= 4 is 10.9 Å². The van der Waals surface area contributed by atoms with E-state index in [0.717, 1.165) is 5.52 Å². The standard InChI is InChI=1S/C13H18N2O/c1-8(2)7-16-13-12-11(5-6-14-13)9(3)10(4)15-12/h5-6,8,15H,7H2,1-4H3. The summed E-state index contributed by atoms with van der Waals surface area (Å²) in [5.41, 5.74) is 3.46. The predicted octanol–water partition coefficient (Wildman–Crippen LogP) is 3.21. The molecule has 0 atom stereocenters. The number of hydrogen-bond donors (Lipinski definition) is 1. The van der Waals surface area contributed by atoms with E-state index in [9.17, 15) is 0 Å². The van der Waals surface area contributed by atoms with E-state index in [0.29, 0.717) is 18.4 Å². The van der Waals surface area contributed by atoms with Gasteiger partial charge in [-0.3, -0.25) is 0 Å². The summed E-state index contributed by atoms with van der Waals surface area (Å²) in [4.78, 5) is 7.61. The molecule has 86 valence electrons. The molecule has 0 unspecified atom stereocenters. The molecule has 2 aromatic heterocycles. The monoisotopic (exact) mass is 218 g/mol. The van der Waals surface area contributed by atoms with Crippen LogP contribution in [0.3, 0.4) is 0 Å². The minimum absolute atomic E-state index is 0.509. The van der Waals surface area contributed by atoms with Gasteiger partial charge in [0.05, 0.1) is 6.61 Å². The maximum atomic E-state index is 5.71. The Kier molecular flexibility index (Phi) is 2.86. The molecule has 0 saturated heterocycles. The molecule has 2 rings (SSSR count). The topological polar surface area (TPSA) is 37.9 Å². The summed E-state index contributed by atoms with van der Waals surface area (Å²) >= 11 is 0. The van der Waals surface area contributed by atoms with Crippen LogP contribution in [0.2, 0.25) is 0 Å². The number of H-pyrrole nitrogens is 1. The van der Waals surface area contributed by atoms with Crippen LogP contribution in [0.4, 0.5) is 0 Å². The maximum absolute atomic E-state index is 5.71. The van der Waals surface area contributed by atoms with Crippen molar-refractivity contribution < 1.29 is 4.74 Å². The van der Waals surface area contributed by atoms with Gasteiger partial charge in [0.2, 0.25) is 5.88 Å². The number of pyridine rings is 1. The maximum Gasteiger partial charge on any atom is 0.238 e. The van der Waals surface area contributed by atoms with Crippen molar-refractivity contribution in [2.45, 2.75) is 27.7 Å². The van der Waals surface area contributed by atoms with Gasteiger partial charge in [-0.05, 0) is 31.4 Å². The number of nitrogens with zero attached hydrogens (tertiary/aromatic N) is 1. The molecule has 0 radical (unpaired) electrons. The van der Waals surface area contributed by atoms with Crippen LogP contribution in [0.15, 0.2) is 12.3 Å². The van der Waals surface area contributed by atoms with Gasteiger partial charge in [-0.15, -0.1) is 0 Å². The molecule has 0 fully saturated rings. The first-order valence-corrected chi connectivity index (χ1v) is 5.66. The highest BCUT2D eigenvalue weighted by Crippen LogP contribution is 2.27. The largest absolute Gasteiger partial charge is 0.476 e. The molecule has 0 bridgehead atoms. The van der Waals surface area contributed by atoms with Crippen molar-refractivity contribution in [1.82, 2.24) is 9.97 Å². The summed E-state index contributed by atoms with van der Waals surface area (Å²) in [5, 5.41) is 1.20. The molecule has 0 amide bonds. The molecule has 0 aliphatic rings. The van der Waals surface area contributed by atoms with Crippen LogP contribution in [-0.2, 0) is 0 Å². The van der Waals surface area contributed by atoms with Crippen molar-refractivity contribution in [3.05, 3.63) is 23.5 Å². The number of nitrogens with one attached hydrogen (secondary N) is 1. The van der Waals surface area contributed by atoms with Crippen molar-refractivity contribution in [1.29, 1.82) is 0 Å². The van der Waals surface area contributed by atoms with E-state index in [2.05, 4.69) is 37.7 Å². The van der Waals surface area contributed by atoms with Crippen LogP contribution in [0.5, 0.6) is 5.88 Å². The number of aromatic amines is 1. The third-order valence-electron chi connectivity index (χ3n) is 2.75. The highest BCUT2D eigenvalue weighted by molar-refractivity contribution is 5.87. The average molecular weight is 218 g/mol. The summed E-state index contributed by atoms with van der Waals surface area (Å²) in [5.74, 6) is 1.22. The Bertz CT molecular complexity index is 500. The number of fused-ring (bicyclic) bond motifs is 1. The van der Waals surface area contributed by atoms with Crippen LogP contribution in [0, 0.1) is 19.8 Å². The van der Waals surface area contributed by atoms with Gasteiger partial charge in [0.1, 0.15) is 5.52 Å². The zero-order valence-electron chi connectivity index (χ0n) is 10.3. The Labute approximate surface area is 95.8 Å².